The van der Waals surface area contributed by atoms with Crippen molar-refractivity contribution in [2.45, 2.75) is 52.2 Å². The summed E-state index contributed by atoms with van der Waals surface area (Å²) in [6, 6.07) is 12.8. The molecule has 2 aromatic rings. The van der Waals surface area contributed by atoms with Crippen LogP contribution in [0.15, 0.2) is 47.4 Å². The topological polar surface area (TPSA) is 76.2 Å². The number of methoxy groups -OCH3 is 1. The first-order valence-electron chi connectivity index (χ1n) is 12.4. The molecule has 36 heavy (non-hydrogen) atoms. The van der Waals surface area contributed by atoms with Crippen LogP contribution in [0.2, 0.25) is 0 Å². The van der Waals surface area contributed by atoms with E-state index in [9.17, 15) is 14.4 Å². The number of hydrogen-bond donors (Lipinski definition) is 0. The van der Waals surface area contributed by atoms with Crippen LogP contribution in [0.3, 0.4) is 0 Å². The summed E-state index contributed by atoms with van der Waals surface area (Å²) in [5, 5.41) is -0.240. The summed E-state index contributed by atoms with van der Waals surface area (Å²) < 4.78 is 11.5. The molecule has 2 fully saturated rings. The highest BCUT2D eigenvalue weighted by molar-refractivity contribution is 8.18. The van der Waals surface area contributed by atoms with Crippen LogP contribution in [-0.2, 0) is 11.4 Å². The highest BCUT2D eigenvalue weighted by atomic mass is 32.2. The highest BCUT2D eigenvalue weighted by Gasteiger charge is 2.37. The van der Waals surface area contributed by atoms with Crippen molar-refractivity contribution in [1.29, 1.82) is 0 Å². The second-order valence-corrected chi connectivity index (χ2v) is 10.1. The highest BCUT2D eigenvalue weighted by Crippen LogP contribution is 2.36. The van der Waals surface area contributed by atoms with Crippen LogP contribution in [0.25, 0.3) is 6.08 Å². The van der Waals surface area contributed by atoms with Gasteiger partial charge < -0.3 is 14.4 Å². The second-order valence-electron chi connectivity index (χ2n) is 9.06. The van der Waals surface area contributed by atoms with Gasteiger partial charge in [0.2, 0.25) is 0 Å². The van der Waals surface area contributed by atoms with E-state index in [1.54, 1.807) is 25.3 Å². The predicted molar refractivity (Wildman–Crippen MR) is 141 cm³/mol. The molecule has 2 aromatic carbocycles. The zero-order valence-electron chi connectivity index (χ0n) is 21.0. The third kappa shape index (κ3) is 5.75. The molecule has 0 aliphatic carbocycles. The van der Waals surface area contributed by atoms with Gasteiger partial charge in [-0.3, -0.25) is 19.3 Å². The average Bonchev–Trinajstić information content (AvgIpc) is 3.19. The summed E-state index contributed by atoms with van der Waals surface area (Å²) >= 11 is 0.957. The van der Waals surface area contributed by atoms with E-state index < -0.39 is 0 Å². The molecule has 0 bridgehead atoms. The SMILES string of the molecule is CC[C@H](C)N1C(=O)S/C(=C/c2ccc(OCc3ccc(C(=O)N4CCCCC4)cc3)c(OC)c2)C1=O. The number of ether oxygens (including phenoxy) is 2. The van der Waals surface area contributed by atoms with Gasteiger partial charge in [-0.2, -0.15) is 0 Å². The molecule has 0 radical (unpaired) electrons. The second kappa shape index (κ2) is 11.6. The quantitative estimate of drug-likeness (QED) is 0.424. The van der Waals surface area contributed by atoms with Crippen LogP contribution in [0, 0.1) is 0 Å². The minimum atomic E-state index is -0.263. The van der Waals surface area contributed by atoms with Crippen LogP contribution in [0.4, 0.5) is 4.79 Å². The summed E-state index contributed by atoms with van der Waals surface area (Å²) in [5.74, 6) is 0.917. The summed E-state index contributed by atoms with van der Waals surface area (Å²) in [7, 11) is 1.56. The molecule has 4 rings (SSSR count). The standard InChI is InChI=1S/C28H32N2O5S/c1-4-19(2)30-27(32)25(36-28(30)33)17-21-10-13-23(24(16-21)34-3)35-18-20-8-11-22(12-9-20)26(31)29-14-6-5-7-15-29/h8-13,16-17,19H,4-7,14-15,18H2,1-3H3/b25-17+/t19-/m0/s1. The Hall–Kier alpha value is -3.26. The molecule has 0 saturated carbocycles. The molecule has 2 aliphatic rings. The number of carbonyl (C=O) groups is 3. The molecule has 2 heterocycles. The number of likely N-dealkylation sites (tertiary alicyclic amines) is 1. The Morgan fingerprint density at radius 1 is 1.06 bits per heavy atom. The molecule has 8 heteroatoms. The summed E-state index contributed by atoms with van der Waals surface area (Å²) in [4.78, 5) is 41.3. The van der Waals surface area contributed by atoms with Gasteiger partial charge in [0.25, 0.3) is 17.1 Å². The van der Waals surface area contributed by atoms with Gasteiger partial charge in [0.15, 0.2) is 11.5 Å². The Morgan fingerprint density at radius 2 is 1.78 bits per heavy atom. The molecular weight excluding hydrogens is 476 g/mol. The fourth-order valence-corrected chi connectivity index (χ4v) is 5.20. The first kappa shape index (κ1) is 25.8. The van der Waals surface area contributed by atoms with Crippen molar-refractivity contribution < 1.29 is 23.9 Å². The number of carbonyl (C=O) groups excluding carboxylic acids is 3. The van der Waals surface area contributed by atoms with Crippen LogP contribution < -0.4 is 9.47 Å². The fourth-order valence-electron chi connectivity index (χ4n) is 4.27. The number of piperidine rings is 1. The molecule has 190 valence electrons. The molecule has 0 N–H and O–H groups in total. The number of hydrogen-bond acceptors (Lipinski definition) is 6. The van der Waals surface area contributed by atoms with Crippen LogP contribution >= 0.6 is 11.8 Å². The van der Waals surface area contributed by atoms with Gasteiger partial charge in [0.05, 0.1) is 12.0 Å². The van der Waals surface area contributed by atoms with E-state index in [0.29, 0.717) is 35.0 Å². The maximum absolute atomic E-state index is 12.7. The molecule has 1 atom stereocenters. The number of nitrogens with zero attached hydrogens (tertiary/aromatic N) is 2. The average molecular weight is 509 g/mol. The maximum Gasteiger partial charge on any atom is 0.293 e. The number of thioether (sulfide) groups is 1. The van der Waals surface area contributed by atoms with E-state index in [4.69, 9.17) is 9.47 Å². The lowest BCUT2D eigenvalue weighted by atomic mass is 10.1. The Balaban J connectivity index is 1.41. The lowest BCUT2D eigenvalue weighted by Crippen LogP contribution is -2.36. The largest absolute Gasteiger partial charge is 0.493 e. The lowest BCUT2D eigenvalue weighted by Gasteiger charge is -2.26. The van der Waals surface area contributed by atoms with E-state index in [0.717, 1.165) is 48.8 Å². The molecule has 3 amide bonds. The van der Waals surface area contributed by atoms with Crippen molar-refractivity contribution in [2.75, 3.05) is 20.2 Å². The van der Waals surface area contributed by atoms with Crippen molar-refractivity contribution in [1.82, 2.24) is 9.80 Å². The molecule has 0 unspecified atom stereocenters. The van der Waals surface area contributed by atoms with Gasteiger partial charge in [-0.15, -0.1) is 0 Å². The summed E-state index contributed by atoms with van der Waals surface area (Å²) in [5.41, 5.74) is 2.38. The molecule has 2 saturated heterocycles. The number of imide groups is 1. The third-order valence-corrected chi connectivity index (χ3v) is 7.46. The van der Waals surface area contributed by atoms with E-state index in [1.165, 1.54) is 11.3 Å². The van der Waals surface area contributed by atoms with Gasteiger partial charge in [-0.25, -0.2) is 0 Å². The van der Waals surface area contributed by atoms with Crippen molar-refractivity contribution in [3.05, 3.63) is 64.1 Å². The smallest absolute Gasteiger partial charge is 0.293 e. The number of rotatable bonds is 8. The Labute approximate surface area is 216 Å². The maximum atomic E-state index is 12.7. The summed E-state index contributed by atoms with van der Waals surface area (Å²) in [6.45, 7) is 5.80. The predicted octanol–water partition coefficient (Wildman–Crippen LogP) is 5.74. The zero-order chi connectivity index (χ0) is 25.7. The fraction of sp³-hybridized carbons (Fsp3) is 0.393. The monoisotopic (exact) mass is 508 g/mol. The molecule has 0 aromatic heterocycles. The van der Waals surface area contributed by atoms with Gasteiger partial charge in [0.1, 0.15) is 6.61 Å². The van der Waals surface area contributed by atoms with Gasteiger partial charge >= 0.3 is 0 Å². The zero-order valence-corrected chi connectivity index (χ0v) is 21.8. The Bertz CT molecular complexity index is 1160. The van der Waals surface area contributed by atoms with Crippen LogP contribution in [-0.4, -0.2) is 53.1 Å². The molecule has 7 nitrogen and oxygen atoms in total. The van der Waals surface area contributed by atoms with E-state index in [-0.39, 0.29) is 23.1 Å². The minimum absolute atomic E-state index is 0.0847. The van der Waals surface area contributed by atoms with Crippen molar-refractivity contribution in [3.8, 4) is 11.5 Å². The Kier molecular flexibility index (Phi) is 8.36. The Morgan fingerprint density at radius 3 is 2.44 bits per heavy atom. The van der Waals surface area contributed by atoms with Gasteiger partial charge in [0, 0.05) is 24.7 Å². The van der Waals surface area contributed by atoms with Crippen molar-refractivity contribution in [2.24, 2.45) is 0 Å². The number of benzene rings is 2. The van der Waals surface area contributed by atoms with E-state index in [1.807, 2.05) is 49.1 Å². The van der Waals surface area contributed by atoms with Crippen molar-refractivity contribution in [3.63, 3.8) is 0 Å². The lowest BCUT2D eigenvalue weighted by molar-refractivity contribution is -0.124. The van der Waals surface area contributed by atoms with E-state index in [2.05, 4.69) is 0 Å². The number of amides is 3. The van der Waals surface area contributed by atoms with Gasteiger partial charge in [-0.1, -0.05) is 25.1 Å². The van der Waals surface area contributed by atoms with Crippen molar-refractivity contribution >= 4 is 34.9 Å². The third-order valence-electron chi connectivity index (χ3n) is 6.58. The van der Waals surface area contributed by atoms with Gasteiger partial charge in [-0.05, 0) is 85.8 Å². The van der Waals surface area contributed by atoms with Crippen LogP contribution in [0.1, 0.15) is 61.0 Å². The normalized spacial score (nSPS) is 18.0. The minimum Gasteiger partial charge on any atom is -0.493 e. The van der Waals surface area contributed by atoms with E-state index >= 15 is 0 Å². The first-order valence-corrected chi connectivity index (χ1v) is 13.2. The molecular formula is C28H32N2O5S. The van der Waals surface area contributed by atoms with Crippen LogP contribution in [0.5, 0.6) is 11.5 Å². The molecule has 0 spiro atoms. The molecule has 2 aliphatic heterocycles. The summed E-state index contributed by atoms with van der Waals surface area (Å²) in [6.07, 6.45) is 5.74. The first-order chi connectivity index (χ1) is 17.4.